The summed E-state index contributed by atoms with van der Waals surface area (Å²) in [5, 5.41) is 14.9. The maximum Gasteiger partial charge on any atom is 0.290 e. The Balaban J connectivity index is 1.97. The standard InChI is InChI=1S/C13H19N3O2S/c1-9-7-13(14-8-12(9)16(17)18)15-10-3-5-11(19-2)6-4-10/h7-8,10-11H,3-6H2,1-2H3,(H,14,15). The topological polar surface area (TPSA) is 68.1 Å². The molecule has 6 heteroatoms. The summed E-state index contributed by atoms with van der Waals surface area (Å²) in [6.45, 7) is 1.75. The molecule has 2 rings (SSSR count). The molecule has 1 aliphatic rings. The number of anilines is 1. The summed E-state index contributed by atoms with van der Waals surface area (Å²) in [5.74, 6) is 0.746. The summed E-state index contributed by atoms with van der Waals surface area (Å²) < 4.78 is 0. The van der Waals surface area contributed by atoms with Crippen molar-refractivity contribution < 1.29 is 4.92 Å². The molecule has 1 heterocycles. The van der Waals surface area contributed by atoms with E-state index in [2.05, 4.69) is 16.6 Å². The molecule has 0 aromatic carbocycles. The first-order valence-electron chi connectivity index (χ1n) is 6.50. The van der Waals surface area contributed by atoms with E-state index in [1.807, 2.05) is 11.8 Å². The number of hydrogen-bond acceptors (Lipinski definition) is 5. The van der Waals surface area contributed by atoms with E-state index in [0.717, 1.165) is 23.9 Å². The highest BCUT2D eigenvalue weighted by Gasteiger charge is 2.21. The van der Waals surface area contributed by atoms with Crippen LogP contribution in [0.25, 0.3) is 0 Å². The Labute approximate surface area is 117 Å². The SMILES string of the molecule is CSC1CCC(Nc2cc(C)c([N+](=O)[O-])cn2)CC1. The zero-order valence-electron chi connectivity index (χ0n) is 11.3. The Morgan fingerprint density at radius 2 is 2.11 bits per heavy atom. The van der Waals surface area contributed by atoms with Crippen molar-refractivity contribution in [1.82, 2.24) is 4.98 Å². The Bertz CT molecular complexity index is 459. The molecule has 0 saturated heterocycles. The minimum Gasteiger partial charge on any atom is -0.367 e. The fraction of sp³-hybridized carbons (Fsp3) is 0.615. The summed E-state index contributed by atoms with van der Waals surface area (Å²) in [6, 6.07) is 2.20. The van der Waals surface area contributed by atoms with Crippen molar-refractivity contribution in [3.05, 3.63) is 27.9 Å². The molecule has 0 bridgehead atoms. The van der Waals surface area contributed by atoms with Crippen LogP contribution < -0.4 is 5.32 Å². The van der Waals surface area contributed by atoms with Crippen molar-refractivity contribution >= 4 is 23.3 Å². The first-order valence-corrected chi connectivity index (χ1v) is 7.79. The molecule has 104 valence electrons. The molecule has 5 nitrogen and oxygen atoms in total. The smallest absolute Gasteiger partial charge is 0.290 e. The number of rotatable bonds is 4. The second-order valence-corrected chi connectivity index (χ2v) is 6.10. The van der Waals surface area contributed by atoms with Crippen LogP contribution in [0.2, 0.25) is 0 Å². The summed E-state index contributed by atoms with van der Waals surface area (Å²) in [5.41, 5.74) is 0.733. The van der Waals surface area contributed by atoms with Crippen molar-refractivity contribution in [2.75, 3.05) is 11.6 Å². The normalized spacial score (nSPS) is 23.1. The maximum atomic E-state index is 10.7. The lowest BCUT2D eigenvalue weighted by molar-refractivity contribution is -0.385. The fourth-order valence-corrected chi connectivity index (χ4v) is 3.21. The van der Waals surface area contributed by atoms with Crippen molar-refractivity contribution in [3.63, 3.8) is 0 Å². The number of thioether (sulfide) groups is 1. The summed E-state index contributed by atoms with van der Waals surface area (Å²) in [6.07, 6.45) is 8.24. The molecule has 1 aliphatic carbocycles. The van der Waals surface area contributed by atoms with Crippen molar-refractivity contribution in [1.29, 1.82) is 0 Å². The van der Waals surface area contributed by atoms with Gasteiger partial charge in [0.15, 0.2) is 0 Å². The minimum absolute atomic E-state index is 0.0802. The Hall–Kier alpha value is -1.30. The quantitative estimate of drug-likeness (QED) is 0.677. The molecule has 0 amide bonds. The van der Waals surface area contributed by atoms with Crippen LogP contribution in [0.1, 0.15) is 31.2 Å². The van der Waals surface area contributed by atoms with Gasteiger partial charge in [-0.05, 0) is 44.9 Å². The van der Waals surface area contributed by atoms with Gasteiger partial charge in [0.2, 0.25) is 0 Å². The lowest BCUT2D eigenvalue weighted by Gasteiger charge is -2.28. The number of hydrogen-bond donors (Lipinski definition) is 1. The van der Waals surface area contributed by atoms with Crippen LogP contribution in [0.5, 0.6) is 0 Å². The first-order chi connectivity index (χ1) is 9.10. The molecule has 0 unspecified atom stereocenters. The number of aromatic nitrogens is 1. The summed E-state index contributed by atoms with van der Waals surface area (Å²) in [4.78, 5) is 14.5. The van der Waals surface area contributed by atoms with E-state index in [0.29, 0.717) is 11.6 Å². The van der Waals surface area contributed by atoms with Gasteiger partial charge >= 0.3 is 0 Å². The molecular weight excluding hydrogens is 262 g/mol. The summed E-state index contributed by atoms with van der Waals surface area (Å²) >= 11 is 1.94. The zero-order chi connectivity index (χ0) is 13.8. The second-order valence-electron chi connectivity index (χ2n) is 4.97. The van der Waals surface area contributed by atoms with E-state index in [9.17, 15) is 10.1 Å². The van der Waals surface area contributed by atoms with E-state index >= 15 is 0 Å². The predicted octanol–water partition coefficient (Wildman–Crippen LogP) is 3.38. The van der Waals surface area contributed by atoms with Crippen LogP contribution in [0.4, 0.5) is 11.5 Å². The van der Waals surface area contributed by atoms with E-state index in [4.69, 9.17) is 0 Å². The maximum absolute atomic E-state index is 10.7. The molecule has 1 fully saturated rings. The monoisotopic (exact) mass is 281 g/mol. The first kappa shape index (κ1) is 14.1. The third kappa shape index (κ3) is 3.59. The van der Waals surface area contributed by atoms with Gasteiger partial charge in [-0.2, -0.15) is 11.8 Å². The number of pyridine rings is 1. The lowest BCUT2D eigenvalue weighted by atomic mass is 9.95. The predicted molar refractivity (Wildman–Crippen MR) is 78.8 cm³/mol. The molecule has 0 atom stereocenters. The van der Waals surface area contributed by atoms with Gasteiger partial charge in [0.05, 0.1) is 4.92 Å². The third-order valence-electron chi connectivity index (χ3n) is 3.64. The number of nitrogens with zero attached hydrogens (tertiary/aromatic N) is 2. The van der Waals surface area contributed by atoms with Gasteiger partial charge < -0.3 is 5.32 Å². The van der Waals surface area contributed by atoms with Crippen molar-refractivity contribution in [2.24, 2.45) is 0 Å². The highest BCUT2D eigenvalue weighted by atomic mass is 32.2. The van der Waals surface area contributed by atoms with Crippen LogP contribution in [0.15, 0.2) is 12.3 Å². The fourth-order valence-electron chi connectivity index (χ4n) is 2.47. The van der Waals surface area contributed by atoms with E-state index in [1.165, 1.54) is 19.0 Å². The van der Waals surface area contributed by atoms with Crippen LogP contribution in [-0.4, -0.2) is 27.5 Å². The second kappa shape index (κ2) is 6.23. The van der Waals surface area contributed by atoms with Gasteiger partial charge in [-0.1, -0.05) is 0 Å². The van der Waals surface area contributed by atoms with Crippen LogP contribution in [-0.2, 0) is 0 Å². The van der Waals surface area contributed by atoms with Crippen molar-refractivity contribution in [2.45, 2.75) is 43.9 Å². The molecule has 0 aliphatic heterocycles. The number of aryl methyl sites for hydroxylation is 1. The van der Waals surface area contributed by atoms with Crippen LogP contribution in [0.3, 0.4) is 0 Å². The minimum atomic E-state index is -0.393. The Kier molecular flexibility index (Phi) is 4.63. The van der Waals surface area contributed by atoms with Gasteiger partial charge in [-0.3, -0.25) is 10.1 Å². The van der Waals surface area contributed by atoms with Gasteiger partial charge in [-0.25, -0.2) is 4.98 Å². The Morgan fingerprint density at radius 3 is 2.63 bits per heavy atom. The molecule has 1 N–H and O–H groups in total. The van der Waals surface area contributed by atoms with E-state index in [1.54, 1.807) is 13.0 Å². The average molecular weight is 281 g/mol. The van der Waals surface area contributed by atoms with Gasteiger partial charge in [0.25, 0.3) is 5.69 Å². The molecule has 19 heavy (non-hydrogen) atoms. The van der Waals surface area contributed by atoms with Crippen molar-refractivity contribution in [3.8, 4) is 0 Å². The van der Waals surface area contributed by atoms with Gasteiger partial charge in [0, 0.05) is 16.9 Å². The van der Waals surface area contributed by atoms with Crippen LogP contribution in [0, 0.1) is 17.0 Å². The molecular formula is C13H19N3O2S. The largest absolute Gasteiger partial charge is 0.367 e. The van der Waals surface area contributed by atoms with Gasteiger partial charge in [0.1, 0.15) is 12.0 Å². The zero-order valence-corrected chi connectivity index (χ0v) is 12.1. The average Bonchev–Trinajstić information content (AvgIpc) is 2.39. The highest BCUT2D eigenvalue weighted by Crippen LogP contribution is 2.29. The van der Waals surface area contributed by atoms with Crippen LogP contribution >= 0.6 is 11.8 Å². The molecule has 1 aromatic rings. The third-order valence-corrected chi connectivity index (χ3v) is 4.78. The number of nitro groups is 1. The Morgan fingerprint density at radius 1 is 1.42 bits per heavy atom. The molecule has 0 radical (unpaired) electrons. The lowest BCUT2D eigenvalue weighted by Crippen LogP contribution is -2.27. The van der Waals surface area contributed by atoms with Gasteiger partial charge in [-0.15, -0.1) is 0 Å². The highest BCUT2D eigenvalue weighted by molar-refractivity contribution is 7.99. The van der Waals surface area contributed by atoms with E-state index < -0.39 is 4.92 Å². The van der Waals surface area contributed by atoms with E-state index in [-0.39, 0.29) is 5.69 Å². The molecule has 0 spiro atoms. The molecule has 1 aromatic heterocycles. The number of nitrogens with one attached hydrogen (secondary N) is 1. The summed E-state index contributed by atoms with van der Waals surface area (Å²) in [7, 11) is 0. The molecule has 1 saturated carbocycles.